The molecule has 0 radical (unpaired) electrons. The quantitative estimate of drug-likeness (QED) is 0.738. The van der Waals surface area contributed by atoms with Crippen molar-refractivity contribution in [2.75, 3.05) is 13.1 Å². The van der Waals surface area contributed by atoms with Crippen LogP contribution in [-0.4, -0.2) is 42.7 Å². The zero-order valence-electron chi connectivity index (χ0n) is 12.1. The van der Waals surface area contributed by atoms with E-state index in [2.05, 4.69) is 0 Å². The lowest BCUT2D eigenvalue weighted by Gasteiger charge is -2.19. The molecule has 6 nitrogen and oxygen atoms in total. The molecule has 1 rings (SSSR count). The minimum atomic E-state index is -3.92. The van der Waals surface area contributed by atoms with Gasteiger partial charge in [0.25, 0.3) is 0 Å². The van der Waals surface area contributed by atoms with Crippen molar-refractivity contribution >= 4 is 21.8 Å². The molecule has 0 heterocycles. The van der Waals surface area contributed by atoms with E-state index in [1.807, 2.05) is 0 Å². The van der Waals surface area contributed by atoms with E-state index in [0.29, 0.717) is 12.0 Å². The molecule has 0 bridgehead atoms. The number of hydrogen-bond donors (Lipinski definition) is 1. The molecule has 0 unspecified atom stereocenters. The van der Waals surface area contributed by atoms with Crippen LogP contribution in [0.4, 0.5) is 0 Å². The Labute approximate surface area is 124 Å². The van der Waals surface area contributed by atoms with E-state index in [-0.39, 0.29) is 23.6 Å². The number of carboxylic acids is 1. The molecule has 1 aromatic rings. The number of ketones is 1. The summed E-state index contributed by atoms with van der Waals surface area (Å²) in [7, 11) is -3.92. The van der Waals surface area contributed by atoms with E-state index < -0.39 is 22.5 Å². The monoisotopic (exact) mass is 313 g/mol. The fourth-order valence-electron chi connectivity index (χ4n) is 1.87. The smallest absolute Gasteiger partial charge is 0.318 e. The first-order valence-electron chi connectivity index (χ1n) is 6.68. The molecule has 21 heavy (non-hydrogen) atoms. The van der Waals surface area contributed by atoms with Crippen LogP contribution in [0.15, 0.2) is 29.2 Å². The fraction of sp³-hybridized carbons (Fsp3) is 0.429. The summed E-state index contributed by atoms with van der Waals surface area (Å²) >= 11 is 0. The Morgan fingerprint density at radius 1 is 1.24 bits per heavy atom. The van der Waals surface area contributed by atoms with Crippen LogP contribution in [0.2, 0.25) is 0 Å². The standard InChI is InChI=1S/C14H19NO5S/c1-3-8-15(10-14(17)18)21(19,20)12-7-5-6-11(9-12)13(16)4-2/h5-7,9H,3-4,8,10H2,1-2H3,(H,17,18). The highest BCUT2D eigenvalue weighted by atomic mass is 32.2. The van der Waals surface area contributed by atoms with Crippen molar-refractivity contribution in [3.8, 4) is 0 Å². The van der Waals surface area contributed by atoms with Gasteiger partial charge in [-0.05, 0) is 18.6 Å². The second kappa shape index (κ2) is 7.33. The van der Waals surface area contributed by atoms with Gasteiger partial charge in [0.15, 0.2) is 5.78 Å². The number of carbonyl (C=O) groups excluding carboxylic acids is 1. The zero-order valence-corrected chi connectivity index (χ0v) is 12.9. The largest absolute Gasteiger partial charge is 0.480 e. The Bertz CT molecular complexity index is 624. The molecule has 0 saturated heterocycles. The molecule has 0 atom stereocenters. The number of carboxylic acid groups (broad SMARTS) is 1. The molecule has 7 heteroatoms. The van der Waals surface area contributed by atoms with Gasteiger partial charge in [0.2, 0.25) is 10.0 Å². The normalized spacial score (nSPS) is 11.6. The predicted octanol–water partition coefficient (Wildman–Crippen LogP) is 1.76. The summed E-state index contributed by atoms with van der Waals surface area (Å²) in [4.78, 5) is 22.4. The van der Waals surface area contributed by atoms with Crippen molar-refractivity contribution < 1.29 is 23.1 Å². The topological polar surface area (TPSA) is 91.8 Å². The first-order valence-corrected chi connectivity index (χ1v) is 8.12. The number of Topliss-reactive ketones (excluding diaryl/α,β-unsaturated/α-hetero) is 1. The first-order chi connectivity index (χ1) is 9.82. The summed E-state index contributed by atoms with van der Waals surface area (Å²) in [6.07, 6.45) is 0.775. The number of aliphatic carboxylic acids is 1. The Morgan fingerprint density at radius 2 is 1.90 bits per heavy atom. The molecule has 0 aliphatic rings. The highest BCUT2D eigenvalue weighted by Crippen LogP contribution is 2.18. The number of hydrogen-bond acceptors (Lipinski definition) is 4. The molecule has 116 valence electrons. The van der Waals surface area contributed by atoms with Gasteiger partial charge in [-0.1, -0.05) is 26.0 Å². The van der Waals surface area contributed by atoms with Crippen molar-refractivity contribution in [2.24, 2.45) is 0 Å². The van der Waals surface area contributed by atoms with Gasteiger partial charge in [0, 0.05) is 18.5 Å². The second-order valence-corrected chi connectivity index (χ2v) is 6.47. The van der Waals surface area contributed by atoms with Crippen LogP contribution in [-0.2, 0) is 14.8 Å². The van der Waals surface area contributed by atoms with E-state index in [0.717, 1.165) is 4.31 Å². The van der Waals surface area contributed by atoms with Gasteiger partial charge in [0.05, 0.1) is 4.90 Å². The Morgan fingerprint density at radius 3 is 2.43 bits per heavy atom. The van der Waals surface area contributed by atoms with Crippen molar-refractivity contribution in [1.29, 1.82) is 0 Å². The molecular weight excluding hydrogens is 294 g/mol. The predicted molar refractivity (Wildman–Crippen MR) is 77.7 cm³/mol. The summed E-state index contributed by atoms with van der Waals surface area (Å²) in [5.74, 6) is -1.37. The molecule has 1 aromatic carbocycles. The van der Waals surface area contributed by atoms with Gasteiger partial charge in [-0.2, -0.15) is 4.31 Å². The number of nitrogens with zero attached hydrogens (tertiary/aromatic N) is 1. The third-order valence-electron chi connectivity index (χ3n) is 2.90. The Hall–Kier alpha value is -1.73. The molecule has 0 aliphatic heterocycles. The average molecular weight is 313 g/mol. The van der Waals surface area contributed by atoms with Crippen LogP contribution in [0, 0.1) is 0 Å². The van der Waals surface area contributed by atoms with E-state index in [9.17, 15) is 18.0 Å². The summed E-state index contributed by atoms with van der Waals surface area (Å²) < 4.78 is 25.9. The van der Waals surface area contributed by atoms with Crippen LogP contribution in [0.25, 0.3) is 0 Å². The minimum Gasteiger partial charge on any atom is -0.480 e. The van der Waals surface area contributed by atoms with E-state index in [4.69, 9.17) is 5.11 Å². The average Bonchev–Trinajstić information content (AvgIpc) is 2.45. The third kappa shape index (κ3) is 4.37. The van der Waals surface area contributed by atoms with E-state index >= 15 is 0 Å². The summed E-state index contributed by atoms with van der Waals surface area (Å²) in [5, 5.41) is 8.84. The Balaban J connectivity index is 3.21. The molecule has 0 fully saturated rings. The molecule has 0 spiro atoms. The maximum absolute atomic E-state index is 12.5. The van der Waals surface area contributed by atoms with Crippen LogP contribution < -0.4 is 0 Å². The first kappa shape index (κ1) is 17.3. The van der Waals surface area contributed by atoms with Crippen LogP contribution in [0.3, 0.4) is 0 Å². The molecule has 0 aromatic heterocycles. The minimum absolute atomic E-state index is 0.0588. The lowest BCUT2D eigenvalue weighted by atomic mass is 10.1. The van der Waals surface area contributed by atoms with Gasteiger partial charge in [-0.3, -0.25) is 9.59 Å². The fourth-order valence-corrected chi connectivity index (χ4v) is 3.40. The van der Waals surface area contributed by atoms with Gasteiger partial charge in [-0.25, -0.2) is 8.42 Å². The van der Waals surface area contributed by atoms with Gasteiger partial charge in [0.1, 0.15) is 6.54 Å². The van der Waals surface area contributed by atoms with Crippen molar-refractivity contribution in [3.05, 3.63) is 29.8 Å². The molecular formula is C14H19NO5S. The van der Waals surface area contributed by atoms with Gasteiger partial charge in [-0.15, -0.1) is 0 Å². The van der Waals surface area contributed by atoms with Crippen LogP contribution in [0.5, 0.6) is 0 Å². The molecule has 1 N–H and O–H groups in total. The Kier molecular flexibility index (Phi) is 6.04. The van der Waals surface area contributed by atoms with Crippen molar-refractivity contribution in [2.45, 2.75) is 31.6 Å². The molecule has 0 amide bonds. The van der Waals surface area contributed by atoms with Crippen LogP contribution in [0.1, 0.15) is 37.0 Å². The number of carbonyl (C=O) groups is 2. The number of sulfonamides is 1. The van der Waals surface area contributed by atoms with Crippen molar-refractivity contribution in [3.63, 3.8) is 0 Å². The maximum Gasteiger partial charge on any atom is 0.318 e. The SMILES string of the molecule is CCCN(CC(=O)O)S(=O)(=O)c1cccc(C(=O)CC)c1. The maximum atomic E-state index is 12.5. The second-order valence-electron chi connectivity index (χ2n) is 4.54. The number of rotatable bonds is 8. The summed E-state index contributed by atoms with van der Waals surface area (Å²) in [6, 6.07) is 5.70. The van der Waals surface area contributed by atoms with Gasteiger partial charge >= 0.3 is 5.97 Å². The van der Waals surface area contributed by atoms with Crippen molar-refractivity contribution in [1.82, 2.24) is 4.31 Å². The van der Waals surface area contributed by atoms with E-state index in [1.165, 1.54) is 18.2 Å². The highest BCUT2D eigenvalue weighted by Gasteiger charge is 2.26. The lowest BCUT2D eigenvalue weighted by Crippen LogP contribution is -2.36. The van der Waals surface area contributed by atoms with Crippen LogP contribution >= 0.6 is 0 Å². The van der Waals surface area contributed by atoms with Gasteiger partial charge < -0.3 is 5.11 Å². The summed E-state index contributed by atoms with van der Waals surface area (Å²) in [6.45, 7) is 2.97. The van der Waals surface area contributed by atoms with E-state index in [1.54, 1.807) is 19.9 Å². The lowest BCUT2D eigenvalue weighted by molar-refractivity contribution is -0.137. The molecule has 0 saturated carbocycles. The highest BCUT2D eigenvalue weighted by molar-refractivity contribution is 7.89. The number of benzene rings is 1. The summed E-state index contributed by atoms with van der Waals surface area (Å²) in [5.41, 5.74) is 0.311. The third-order valence-corrected chi connectivity index (χ3v) is 4.74. The zero-order chi connectivity index (χ0) is 16.0. The molecule has 0 aliphatic carbocycles.